The summed E-state index contributed by atoms with van der Waals surface area (Å²) in [6, 6.07) is 0. The van der Waals surface area contributed by atoms with Crippen molar-refractivity contribution in [3.8, 4) is 23.0 Å². The number of carbonyl (C=O) groups excluding carboxylic acids is 3. The molecule has 364 valence electrons. The molecule has 2 aromatic rings. The average Bonchev–Trinajstić information content (AvgIpc) is 3.55. The number of amides is 1. The number of hydrazone groups is 1. The van der Waals surface area contributed by atoms with E-state index in [1.807, 2.05) is 5.01 Å². The van der Waals surface area contributed by atoms with Crippen LogP contribution in [0.3, 0.4) is 0 Å². The third-order valence-corrected chi connectivity index (χ3v) is 13.6. The van der Waals surface area contributed by atoms with E-state index < -0.39 is 88.8 Å². The van der Waals surface area contributed by atoms with Crippen LogP contribution in [0.1, 0.15) is 115 Å². The molecular formula is C50H72N4O12. The number of methoxy groups -OCH3 is 1. The van der Waals surface area contributed by atoms with Crippen LogP contribution in [0.2, 0.25) is 0 Å². The molecule has 1 saturated heterocycles. The van der Waals surface area contributed by atoms with E-state index in [0.29, 0.717) is 13.1 Å². The zero-order valence-corrected chi connectivity index (χ0v) is 40.3. The van der Waals surface area contributed by atoms with E-state index in [-0.39, 0.29) is 44.5 Å². The second-order valence-corrected chi connectivity index (χ2v) is 18.4. The predicted molar refractivity (Wildman–Crippen MR) is 253 cm³/mol. The zero-order chi connectivity index (χ0) is 48.6. The van der Waals surface area contributed by atoms with Gasteiger partial charge in [0.1, 0.15) is 23.4 Å². The summed E-state index contributed by atoms with van der Waals surface area (Å²) in [6.45, 7) is 18.5. The number of rotatable bonds is 11. The smallest absolute Gasteiger partial charge is 0.312 e. The summed E-state index contributed by atoms with van der Waals surface area (Å²) < 4.78 is 23.8. The van der Waals surface area contributed by atoms with Crippen molar-refractivity contribution in [2.45, 2.75) is 131 Å². The SMILES string of the molecule is CCCCCCCCN1CCN(/N=C/c2c3c(O)c4c(O)c(C)c5c(c4c2O)C(=O)C(C)(O/C=C/C(OC)C(C)C(OC(C)=O)C(C)C(O)C(C)C(O)C(C)/C=C/C=C(/C)C(=O)N3)O5)CC1. The Balaban J connectivity index is 1.60. The Bertz CT molecular complexity index is 2200. The Morgan fingerprint density at radius 3 is 2.23 bits per heavy atom. The lowest BCUT2D eigenvalue weighted by Gasteiger charge is -2.38. The molecule has 1 fully saturated rings. The number of unbranched alkanes of at least 4 members (excludes halogenated alkanes) is 5. The number of aliphatic hydroxyl groups excluding tert-OH is 2. The highest BCUT2D eigenvalue weighted by Gasteiger charge is 2.50. The molecule has 1 amide bonds. The fraction of sp³-hybridized carbons (Fsp3) is 0.600. The van der Waals surface area contributed by atoms with Crippen molar-refractivity contribution in [3.63, 3.8) is 0 Å². The highest BCUT2D eigenvalue weighted by atomic mass is 16.7. The van der Waals surface area contributed by atoms with E-state index >= 15 is 0 Å². The first-order valence-corrected chi connectivity index (χ1v) is 23.4. The third-order valence-electron chi connectivity index (χ3n) is 13.6. The van der Waals surface area contributed by atoms with Crippen molar-refractivity contribution >= 4 is 40.3 Å². The number of hydrogen-bond acceptors (Lipinski definition) is 15. The van der Waals surface area contributed by atoms with E-state index in [1.54, 1.807) is 46.8 Å². The molecule has 4 aliphatic rings. The van der Waals surface area contributed by atoms with Crippen molar-refractivity contribution in [1.82, 2.24) is 9.91 Å². The van der Waals surface area contributed by atoms with Crippen LogP contribution in [-0.2, 0) is 23.8 Å². The summed E-state index contributed by atoms with van der Waals surface area (Å²) >= 11 is 0. The first-order valence-electron chi connectivity index (χ1n) is 23.4. The van der Waals surface area contributed by atoms with Crippen LogP contribution in [0.25, 0.3) is 10.8 Å². The van der Waals surface area contributed by atoms with Gasteiger partial charge in [0.2, 0.25) is 0 Å². The third kappa shape index (κ3) is 11.3. The Hall–Kier alpha value is -5.16. The van der Waals surface area contributed by atoms with Gasteiger partial charge in [-0.3, -0.25) is 24.3 Å². The lowest BCUT2D eigenvalue weighted by molar-refractivity contribution is -0.160. The van der Waals surface area contributed by atoms with Crippen LogP contribution >= 0.6 is 0 Å². The minimum atomic E-state index is -2.05. The maximum absolute atomic E-state index is 14.6. The van der Waals surface area contributed by atoms with Gasteiger partial charge in [0, 0.05) is 87.3 Å². The Kier molecular flexibility index (Phi) is 17.7. The number of piperazine rings is 1. The summed E-state index contributed by atoms with van der Waals surface area (Å²) in [5.74, 6) is -8.30. The van der Waals surface area contributed by atoms with Gasteiger partial charge in [0.15, 0.2) is 5.75 Å². The molecule has 0 aromatic heterocycles. The molecule has 0 spiro atoms. The van der Waals surface area contributed by atoms with Crippen LogP contribution in [0.5, 0.6) is 23.0 Å². The first-order chi connectivity index (χ1) is 31.3. The number of hydrogen-bond donors (Lipinski definition) is 6. The summed E-state index contributed by atoms with van der Waals surface area (Å²) in [5, 5.41) is 67.7. The fourth-order valence-corrected chi connectivity index (χ4v) is 9.20. The summed E-state index contributed by atoms with van der Waals surface area (Å²) in [6.07, 6.45) is 12.2. The summed E-state index contributed by atoms with van der Waals surface area (Å²) in [5.41, 5.74) is -0.303. The number of anilines is 1. The van der Waals surface area contributed by atoms with E-state index in [9.17, 15) is 39.9 Å². The van der Waals surface area contributed by atoms with Crippen LogP contribution in [0.4, 0.5) is 5.69 Å². The van der Waals surface area contributed by atoms with Crippen LogP contribution < -0.4 is 10.1 Å². The molecule has 2 aromatic carbocycles. The van der Waals surface area contributed by atoms with Crippen LogP contribution in [0, 0.1) is 30.6 Å². The number of benzene rings is 2. The van der Waals surface area contributed by atoms with E-state index in [1.165, 1.54) is 84.6 Å². The molecule has 6 N–H and O–H groups in total. The molecule has 9 atom stereocenters. The van der Waals surface area contributed by atoms with Gasteiger partial charge in [0.05, 0.1) is 53.0 Å². The largest absolute Gasteiger partial charge is 0.507 e. The quantitative estimate of drug-likeness (QED) is 0.0437. The predicted octanol–water partition coefficient (Wildman–Crippen LogP) is 7.07. The Morgan fingerprint density at radius 2 is 1.58 bits per heavy atom. The molecule has 16 nitrogen and oxygen atoms in total. The van der Waals surface area contributed by atoms with Gasteiger partial charge in [-0.25, -0.2) is 0 Å². The number of phenolic OH excluding ortho intramolecular Hbond substituents is 3. The topological polar surface area (TPSA) is 220 Å². The number of esters is 1. The highest BCUT2D eigenvalue weighted by molar-refractivity contribution is 6.23. The maximum Gasteiger partial charge on any atom is 0.312 e. The molecular weight excluding hydrogens is 849 g/mol. The maximum atomic E-state index is 14.6. The molecule has 0 saturated carbocycles. The van der Waals surface area contributed by atoms with Gasteiger partial charge >= 0.3 is 11.8 Å². The van der Waals surface area contributed by atoms with Gasteiger partial charge in [-0.1, -0.05) is 85.0 Å². The second-order valence-electron chi connectivity index (χ2n) is 18.4. The monoisotopic (exact) mass is 921 g/mol. The molecule has 16 heteroatoms. The molecule has 4 aliphatic heterocycles. The summed E-state index contributed by atoms with van der Waals surface area (Å²) in [4.78, 5) is 43.2. The van der Waals surface area contributed by atoms with Crippen molar-refractivity contribution in [1.29, 1.82) is 0 Å². The number of nitrogens with one attached hydrogen (secondary N) is 1. The average molecular weight is 921 g/mol. The Morgan fingerprint density at radius 1 is 0.909 bits per heavy atom. The van der Waals surface area contributed by atoms with E-state index in [0.717, 1.165) is 26.1 Å². The van der Waals surface area contributed by atoms with Crippen molar-refractivity contribution in [2.75, 3.05) is 45.2 Å². The number of ketones is 1. The van der Waals surface area contributed by atoms with Gasteiger partial charge in [-0.05, 0) is 32.9 Å². The Labute approximate surface area is 388 Å². The number of phenols is 3. The minimum Gasteiger partial charge on any atom is -0.507 e. The van der Waals surface area contributed by atoms with Gasteiger partial charge in [-0.15, -0.1) is 0 Å². The van der Waals surface area contributed by atoms with Crippen molar-refractivity contribution in [3.05, 3.63) is 52.8 Å². The lowest BCUT2D eigenvalue weighted by Crippen LogP contribution is -2.46. The normalized spacial score (nSPS) is 29.9. The van der Waals surface area contributed by atoms with Crippen LogP contribution in [-0.4, -0.2) is 129 Å². The fourth-order valence-electron chi connectivity index (χ4n) is 9.20. The lowest BCUT2D eigenvalue weighted by atomic mass is 9.78. The number of ether oxygens (including phenoxy) is 4. The molecule has 66 heavy (non-hydrogen) atoms. The van der Waals surface area contributed by atoms with Gasteiger partial charge in [-0.2, -0.15) is 5.10 Å². The summed E-state index contributed by atoms with van der Waals surface area (Å²) in [7, 11) is 1.44. The number of carbonyl (C=O) groups is 3. The molecule has 5 bridgehead atoms. The number of allylic oxidation sites excluding steroid dienone is 2. The van der Waals surface area contributed by atoms with Crippen molar-refractivity contribution < 1.29 is 58.9 Å². The molecule has 6 rings (SSSR count). The van der Waals surface area contributed by atoms with E-state index in [4.69, 9.17) is 18.9 Å². The zero-order valence-electron chi connectivity index (χ0n) is 40.3. The number of aliphatic hydroxyl groups is 2. The minimum absolute atomic E-state index is 0.0619. The second kappa shape index (κ2) is 22.6. The molecule has 9 unspecified atom stereocenters. The highest BCUT2D eigenvalue weighted by Crippen LogP contribution is 2.55. The van der Waals surface area contributed by atoms with Crippen LogP contribution in [0.15, 0.2) is 41.2 Å². The number of Topliss-reactive ketones (excluding diaryl/α,β-unsaturated/α-hetero) is 1. The molecule has 0 radical (unpaired) electrons. The molecule has 4 heterocycles. The van der Waals surface area contributed by atoms with Gasteiger partial charge < -0.3 is 49.8 Å². The number of aromatic hydroxyl groups is 3. The van der Waals surface area contributed by atoms with Gasteiger partial charge in [0.25, 0.3) is 11.7 Å². The number of fused-ring (bicyclic) bond motifs is 14. The van der Waals surface area contributed by atoms with E-state index in [2.05, 4.69) is 22.2 Å². The first kappa shape index (κ1) is 51.8. The number of nitrogens with zero attached hydrogens (tertiary/aromatic N) is 3. The van der Waals surface area contributed by atoms with Crippen molar-refractivity contribution in [2.24, 2.45) is 28.8 Å². The standard InChI is InChI=1S/C50H72N4O12/c1-11-12-13-14-15-16-21-53-22-24-54(25-23-53)51-27-35-40-45(60)38-37(44(35)59)39-47(33(7)43(38)58)66-50(9,48(39)61)64-26-20-36(63-10)30(4)46(65-34(8)55)32(6)42(57)31(5)41(56)28(2)18-17-19-29(3)49(62)52-40/h17-20,26-28,30-32,36,41-42,46,56-60H,11-16,21-25H2,1-10H3,(H,52,62)/b18-17+,26-20+,29-19-,51-27+. The molecule has 0 aliphatic carbocycles.